The number of nitrogens with zero attached hydrogens (tertiary/aromatic N) is 1. The monoisotopic (exact) mass is 397 g/mol. The molecule has 4 rings (SSSR count). The number of ether oxygens (including phenoxy) is 1. The van der Waals surface area contributed by atoms with Crippen molar-refractivity contribution in [3.05, 3.63) is 75.1 Å². The lowest BCUT2D eigenvalue weighted by molar-refractivity contribution is -0.116. The predicted molar refractivity (Wildman–Crippen MR) is 110 cm³/mol. The molecule has 0 spiro atoms. The molecule has 0 bridgehead atoms. The SMILES string of the molecule is COc1ccc(N2C(=N)/C(=C3\NC(c4ccc(Cl)cc4)=CS3)CC2=O)cc1. The smallest absolute Gasteiger partial charge is 0.237 e. The van der Waals surface area contributed by atoms with Crippen LogP contribution in [0.2, 0.25) is 5.02 Å². The molecule has 2 aliphatic rings. The van der Waals surface area contributed by atoms with Gasteiger partial charge in [0.1, 0.15) is 11.6 Å². The quantitative estimate of drug-likeness (QED) is 0.793. The zero-order valence-electron chi connectivity index (χ0n) is 14.5. The van der Waals surface area contributed by atoms with E-state index in [1.54, 1.807) is 31.4 Å². The van der Waals surface area contributed by atoms with Crippen LogP contribution in [-0.4, -0.2) is 18.9 Å². The van der Waals surface area contributed by atoms with Crippen LogP contribution in [0.4, 0.5) is 5.69 Å². The van der Waals surface area contributed by atoms with E-state index < -0.39 is 0 Å². The van der Waals surface area contributed by atoms with Crippen LogP contribution in [0.15, 0.2) is 64.5 Å². The second kappa shape index (κ2) is 7.13. The Balaban J connectivity index is 1.57. The molecule has 136 valence electrons. The summed E-state index contributed by atoms with van der Waals surface area (Å²) in [6.45, 7) is 0. The molecule has 0 aromatic heterocycles. The molecule has 2 aliphatic heterocycles. The van der Waals surface area contributed by atoms with Crippen LogP contribution in [0.3, 0.4) is 0 Å². The van der Waals surface area contributed by atoms with Gasteiger partial charge in [-0.15, -0.1) is 0 Å². The Kier molecular flexibility index (Phi) is 4.68. The third-order valence-corrected chi connectivity index (χ3v) is 5.58. The van der Waals surface area contributed by atoms with Gasteiger partial charge in [0.2, 0.25) is 5.91 Å². The average Bonchev–Trinajstić information content (AvgIpc) is 3.27. The topological polar surface area (TPSA) is 65.4 Å². The van der Waals surface area contributed by atoms with Gasteiger partial charge in [-0.2, -0.15) is 0 Å². The lowest BCUT2D eigenvalue weighted by atomic mass is 10.1. The number of nitrogens with one attached hydrogen (secondary N) is 2. The summed E-state index contributed by atoms with van der Waals surface area (Å²) in [6, 6.07) is 14.7. The fraction of sp³-hybridized carbons (Fsp3) is 0.100. The van der Waals surface area contributed by atoms with Crippen molar-refractivity contribution >= 4 is 46.5 Å². The Morgan fingerprint density at radius 3 is 2.52 bits per heavy atom. The molecule has 2 N–H and O–H groups in total. The largest absolute Gasteiger partial charge is 0.497 e. The fourth-order valence-electron chi connectivity index (χ4n) is 2.98. The number of thioether (sulfide) groups is 1. The van der Waals surface area contributed by atoms with Gasteiger partial charge in [-0.1, -0.05) is 35.5 Å². The highest BCUT2D eigenvalue weighted by Gasteiger charge is 2.35. The predicted octanol–water partition coefficient (Wildman–Crippen LogP) is 4.61. The van der Waals surface area contributed by atoms with Crippen LogP contribution >= 0.6 is 23.4 Å². The number of anilines is 1. The molecule has 0 saturated carbocycles. The van der Waals surface area contributed by atoms with E-state index in [0.29, 0.717) is 22.0 Å². The summed E-state index contributed by atoms with van der Waals surface area (Å²) in [5.74, 6) is 0.793. The Labute approximate surface area is 166 Å². The van der Waals surface area contributed by atoms with Gasteiger partial charge in [0.05, 0.1) is 29.9 Å². The van der Waals surface area contributed by atoms with Crippen molar-refractivity contribution in [2.75, 3.05) is 12.0 Å². The van der Waals surface area contributed by atoms with Crippen molar-refractivity contribution in [2.45, 2.75) is 6.42 Å². The third-order valence-electron chi connectivity index (χ3n) is 4.39. The number of methoxy groups -OCH3 is 1. The van der Waals surface area contributed by atoms with E-state index in [1.165, 1.54) is 16.7 Å². The lowest BCUT2D eigenvalue weighted by Crippen LogP contribution is -2.28. The van der Waals surface area contributed by atoms with Crippen LogP contribution in [0.5, 0.6) is 5.75 Å². The Morgan fingerprint density at radius 2 is 1.85 bits per heavy atom. The second-order valence-electron chi connectivity index (χ2n) is 6.04. The van der Waals surface area contributed by atoms with Gasteiger partial charge in [0.25, 0.3) is 0 Å². The fourth-order valence-corrected chi connectivity index (χ4v) is 4.02. The van der Waals surface area contributed by atoms with E-state index in [0.717, 1.165) is 16.3 Å². The summed E-state index contributed by atoms with van der Waals surface area (Å²) in [5.41, 5.74) is 3.30. The highest BCUT2D eigenvalue weighted by atomic mass is 35.5. The van der Waals surface area contributed by atoms with Gasteiger partial charge in [0.15, 0.2) is 0 Å². The van der Waals surface area contributed by atoms with Crippen molar-refractivity contribution < 1.29 is 9.53 Å². The average molecular weight is 398 g/mol. The molecule has 0 atom stereocenters. The van der Waals surface area contributed by atoms with Crippen LogP contribution in [0.1, 0.15) is 12.0 Å². The van der Waals surface area contributed by atoms with Crippen molar-refractivity contribution in [2.24, 2.45) is 0 Å². The van der Waals surface area contributed by atoms with Crippen LogP contribution in [0.25, 0.3) is 5.70 Å². The molecule has 5 nitrogen and oxygen atoms in total. The summed E-state index contributed by atoms with van der Waals surface area (Å²) in [5, 5.41) is 15.3. The molecule has 2 heterocycles. The minimum Gasteiger partial charge on any atom is -0.497 e. The van der Waals surface area contributed by atoms with Gasteiger partial charge in [-0.05, 0) is 42.0 Å². The normalized spacial score (nSPS) is 19.3. The molecule has 2 aromatic rings. The maximum atomic E-state index is 12.5. The Bertz CT molecular complexity index is 981. The number of amides is 1. The Hall–Kier alpha value is -2.70. The van der Waals surface area contributed by atoms with E-state index in [2.05, 4.69) is 5.32 Å². The van der Waals surface area contributed by atoms with Gasteiger partial charge < -0.3 is 10.1 Å². The number of carbonyl (C=O) groups excluding carboxylic acids is 1. The number of amidine groups is 1. The van der Waals surface area contributed by atoms with E-state index in [9.17, 15) is 4.79 Å². The highest BCUT2D eigenvalue weighted by Crippen LogP contribution is 2.37. The zero-order chi connectivity index (χ0) is 19.0. The van der Waals surface area contributed by atoms with Crippen LogP contribution < -0.4 is 15.0 Å². The first-order chi connectivity index (χ1) is 13.1. The molecule has 1 saturated heterocycles. The number of halogens is 1. The molecular formula is C20H16ClN3O2S. The first kappa shape index (κ1) is 17.7. The molecule has 1 fully saturated rings. The number of rotatable bonds is 3. The minimum atomic E-state index is -0.116. The zero-order valence-corrected chi connectivity index (χ0v) is 16.0. The van der Waals surface area contributed by atoms with E-state index in [4.69, 9.17) is 21.7 Å². The van der Waals surface area contributed by atoms with Crippen molar-refractivity contribution in [3.63, 3.8) is 0 Å². The van der Waals surface area contributed by atoms with E-state index in [-0.39, 0.29) is 18.2 Å². The molecule has 0 radical (unpaired) electrons. The van der Waals surface area contributed by atoms with Crippen LogP contribution in [0, 0.1) is 5.41 Å². The van der Waals surface area contributed by atoms with Crippen molar-refractivity contribution in [1.29, 1.82) is 5.41 Å². The Morgan fingerprint density at radius 1 is 1.15 bits per heavy atom. The number of hydrogen-bond donors (Lipinski definition) is 2. The van der Waals surface area contributed by atoms with Gasteiger partial charge in [0, 0.05) is 16.0 Å². The van der Waals surface area contributed by atoms with Crippen molar-refractivity contribution in [1.82, 2.24) is 5.32 Å². The third kappa shape index (κ3) is 3.34. The summed E-state index contributed by atoms with van der Waals surface area (Å²) < 4.78 is 5.15. The summed E-state index contributed by atoms with van der Waals surface area (Å²) in [7, 11) is 1.59. The van der Waals surface area contributed by atoms with Crippen LogP contribution in [-0.2, 0) is 4.79 Å². The first-order valence-corrected chi connectivity index (χ1v) is 9.51. The number of hydrogen-bond acceptors (Lipinski definition) is 5. The van der Waals surface area contributed by atoms with E-state index >= 15 is 0 Å². The standard InChI is InChI=1S/C20H16ClN3O2S/c1-26-15-8-6-14(7-9-15)24-18(25)10-16(19(24)22)20-23-17(11-27-20)12-2-4-13(21)5-3-12/h2-9,11,22-23H,10H2,1H3/b20-16+,22-19?. The molecular weight excluding hydrogens is 382 g/mol. The lowest BCUT2D eigenvalue weighted by Gasteiger charge is -2.16. The maximum absolute atomic E-state index is 12.5. The van der Waals surface area contributed by atoms with Gasteiger partial charge >= 0.3 is 0 Å². The first-order valence-electron chi connectivity index (χ1n) is 8.25. The van der Waals surface area contributed by atoms with E-state index in [1.807, 2.05) is 29.7 Å². The summed E-state index contributed by atoms with van der Waals surface area (Å²) in [4.78, 5) is 14.0. The number of benzene rings is 2. The number of carbonyl (C=O) groups is 1. The van der Waals surface area contributed by atoms with Gasteiger partial charge in [-0.3, -0.25) is 15.1 Å². The molecule has 7 heteroatoms. The van der Waals surface area contributed by atoms with Crippen molar-refractivity contribution in [3.8, 4) is 5.75 Å². The molecule has 0 aliphatic carbocycles. The second-order valence-corrected chi connectivity index (χ2v) is 7.36. The molecule has 27 heavy (non-hydrogen) atoms. The molecule has 0 unspecified atom stereocenters. The highest BCUT2D eigenvalue weighted by molar-refractivity contribution is 8.06. The molecule has 2 aromatic carbocycles. The minimum absolute atomic E-state index is 0.116. The maximum Gasteiger partial charge on any atom is 0.237 e. The summed E-state index contributed by atoms with van der Waals surface area (Å²) in [6.07, 6.45) is 0.196. The summed E-state index contributed by atoms with van der Waals surface area (Å²) >= 11 is 7.44. The molecule has 1 amide bonds. The van der Waals surface area contributed by atoms with Gasteiger partial charge in [-0.25, -0.2) is 0 Å².